The van der Waals surface area contributed by atoms with E-state index in [0.717, 1.165) is 16.8 Å². The lowest BCUT2D eigenvalue weighted by atomic mass is 10.1. The second kappa shape index (κ2) is 8.53. The maximum Gasteiger partial charge on any atom is 0.339 e. The zero-order chi connectivity index (χ0) is 20.1. The van der Waals surface area contributed by atoms with E-state index in [2.05, 4.69) is 10.9 Å². The maximum absolute atomic E-state index is 12.2. The number of carbonyl (C=O) groups excluding carboxylic acids is 3. The lowest BCUT2D eigenvalue weighted by molar-refractivity contribution is -0.122. The highest BCUT2D eigenvalue weighted by molar-refractivity contribution is 5.96. The molecular formula is C20H25N3O4. The standard InChI is InChI=1S/C20H25N3O4/c1-6-27-20(26)17-10-14(4)23(15(17)5)11-18(24)21-22-19(25)16-8-7-12(2)9-13(16)3/h7-10H,6,11H2,1-5H3,(H,21,24)(H,22,25). The highest BCUT2D eigenvalue weighted by Gasteiger charge is 2.18. The molecule has 0 spiro atoms. The lowest BCUT2D eigenvalue weighted by Gasteiger charge is -2.12. The van der Waals surface area contributed by atoms with Crippen LogP contribution in [-0.4, -0.2) is 29.0 Å². The fraction of sp³-hybridized carbons (Fsp3) is 0.350. The zero-order valence-electron chi connectivity index (χ0n) is 16.3. The van der Waals surface area contributed by atoms with E-state index < -0.39 is 11.9 Å². The second-order valence-corrected chi connectivity index (χ2v) is 6.41. The van der Waals surface area contributed by atoms with Crippen molar-refractivity contribution in [1.29, 1.82) is 0 Å². The molecule has 0 saturated heterocycles. The van der Waals surface area contributed by atoms with Gasteiger partial charge in [0.2, 0.25) is 0 Å². The summed E-state index contributed by atoms with van der Waals surface area (Å²) in [5.74, 6) is -1.19. The Kier molecular flexibility index (Phi) is 6.39. The number of aromatic nitrogens is 1. The molecule has 0 bridgehead atoms. The molecule has 0 unspecified atom stereocenters. The number of benzene rings is 1. The molecule has 0 aliphatic heterocycles. The van der Waals surface area contributed by atoms with E-state index in [1.165, 1.54) is 0 Å². The molecule has 27 heavy (non-hydrogen) atoms. The van der Waals surface area contributed by atoms with Crippen LogP contribution in [0.15, 0.2) is 24.3 Å². The molecule has 1 aromatic heterocycles. The fourth-order valence-corrected chi connectivity index (χ4v) is 2.91. The van der Waals surface area contributed by atoms with E-state index >= 15 is 0 Å². The minimum atomic E-state index is -0.416. The van der Waals surface area contributed by atoms with Crippen LogP contribution in [0.1, 0.15) is 50.2 Å². The number of esters is 1. The van der Waals surface area contributed by atoms with Crippen molar-refractivity contribution >= 4 is 17.8 Å². The van der Waals surface area contributed by atoms with Gasteiger partial charge in [0, 0.05) is 17.0 Å². The van der Waals surface area contributed by atoms with Crippen molar-refractivity contribution < 1.29 is 19.1 Å². The van der Waals surface area contributed by atoms with Crippen LogP contribution in [-0.2, 0) is 16.1 Å². The van der Waals surface area contributed by atoms with Crippen molar-refractivity contribution in [2.75, 3.05) is 6.61 Å². The van der Waals surface area contributed by atoms with E-state index in [1.807, 2.05) is 26.0 Å². The molecule has 0 aliphatic carbocycles. The number of carbonyl (C=O) groups is 3. The van der Waals surface area contributed by atoms with Crippen molar-refractivity contribution in [3.05, 3.63) is 57.9 Å². The number of nitrogens with zero attached hydrogens (tertiary/aromatic N) is 1. The van der Waals surface area contributed by atoms with Crippen molar-refractivity contribution in [3.63, 3.8) is 0 Å². The molecule has 0 saturated carbocycles. The number of ether oxygens (including phenoxy) is 1. The predicted molar refractivity (Wildman–Crippen MR) is 101 cm³/mol. The Morgan fingerprint density at radius 2 is 1.70 bits per heavy atom. The van der Waals surface area contributed by atoms with Gasteiger partial charge in [0.15, 0.2) is 0 Å². The molecule has 7 nitrogen and oxygen atoms in total. The summed E-state index contributed by atoms with van der Waals surface area (Å²) in [5.41, 5.74) is 9.06. The normalized spacial score (nSPS) is 10.4. The van der Waals surface area contributed by atoms with Crippen LogP contribution in [0, 0.1) is 27.7 Å². The minimum absolute atomic E-state index is 0.0236. The quantitative estimate of drug-likeness (QED) is 0.624. The van der Waals surface area contributed by atoms with Gasteiger partial charge in [-0.3, -0.25) is 20.4 Å². The highest BCUT2D eigenvalue weighted by Crippen LogP contribution is 2.16. The SMILES string of the molecule is CCOC(=O)c1cc(C)n(CC(=O)NNC(=O)c2ccc(C)cc2C)c1C. The predicted octanol–water partition coefficient (Wildman–Crippen LogP) is 2.36. The van der Waals surface area contributed by atoms with Crippen molar-refractivity contribution in [2.45, 2.75) is 41.2 Å². The number of amides is 2. The van der Waals surface area contributed by atoms with Crippen molar-refractivity contribution in [3.8, 4) is 0 Å². The summed E-state index contributed by atoms with van der Waals surface area (Å²) in [6, 6.07) is 7.15. The molecule has 0 atom stereocenters. The van der Waals surface area contributed by atoms with Gasteiger partial charge in [-0.05, 0) is 52.3 Å². The Labute approximate surface area is 158 Å². The van der Waals surface area contributed by atoms with E-state index in [4.69, 9.17) is 4.74 Å². The third-order valence-electron chi connectivity index (χ3n) is 4.31. The first kappa shape index (κ1) is 20.2. The van der Waals surface area contributed by atoms with Crippen molar-refractivity contribution in [1.82, 2.24) is 15.4 Å². The molecule has 7 heteroatoms. The van der Waals surface area contributed by atoms with Gasteiger partial charge in [-0.25, -0.2) is 4.79 Å². The smallest absolute Gasteiger partial charge is 0.339 e. The van der Waals surface area contributed by atoms with Crippen LogP contribution in [0.2, 0.25) is 0 Å². The van der Waals surface area contributed by atoms with Crippen LogP contribution in [0.4, 0.5) is 0 Å². The molecule has 2 aromatic rings. The maximum atomic E-state index is 12.2. The average molecular weight is 371 g/mol. The topological polar surface area (TPSA) is 89.4 Å². The van der Waals surface area contributed by atoms with Gasteiger partial charge in [-0.1, -0.05) is 17.7 Å². The van der Waals surface area contributed by atoms with Crippen LogP contribution in [0.5, 0.6) is 0 Å². The van der Waals surface area contributed by atoms with Gasteiger partial charge >= 0.3 is 5.97 Å². The monoisotopic (exact) mass is 371 g/mol. The Balaban J connectivity index is 2.02. The summed E-state index contributed by atoms with van der Waals surface area (Å²) < 4.78 is 6.72. The lowest BCUT2D eigenvalue weighted by Crippen LogP contribution is -2.43. The van der Waals surface area contributed by atoms with E-state index in [-0.39, 0.29) is 19.1 Å². The van der Waals surface area contributed by atoms with Crippen LogP contribution < -0.4 is 10.9 Å². The Bertz CT molecular complexity index is 884. The minimum Gasteiger partial charge on any atom is -0.462 e. The van der Waals surface area contributed by atoms with E-state index in [1.54, 1.807) is 37.5 Å². The first-order valence-corrected chi connectivity index (χ1v) is 8.74. The average Bonchev–Trinajstić information content (AvgIpc) is 2.88. The number of hydrazine groups is 1. The third-order valence-corrected chi connectivity index (χ3v) is 4.31. The first-order valence-electron chi connectivity index (χ1n) is 8.74. The van der Waals surface area contributed by atoms with Gasteiger partial charge < -0.3 is 9.30 Å². The van der Waals surface area contributed by atoms with Crippen molar-refractivity contribution in [2.24, 2.45) is 0 Å². The largest absolute Gasteiger partial charge is 0.462 e. The highest BCUT2D eigenvalue weighted by atomic mass is 16.5. The number of hydrogen-bond acceptors (Lipinski definition) is 4. The summed E-state index contributed by atoms with van der Waals surface area (Å²) in [5, 5.41) is 0. The fourth-order valence-electron chi connectivity index (χ4n) is 2.91. The second-order valence-electron chi connectivity index (χ2n) is 6.41. The molecule has 0 fully saturated rings. The number of rotatable bonds is 5. The number of nitrogens with one attached hydrogen (secondary N) is 2. The van der Waals surface area contributed by atoms with E-state index in [9.17, 15) is 14.4 Å². The van der Waals surface area contributed by atoms with Gasteiger partial charge in [0.05, 0.1) is 12.2 Å². The molecular weight excluding hydrogens is 346 g/mol. The Morgan fingerprint density at radius 1 is 1.00 bits per heavy atom. The summed E-state index contributed by atoms with van der Waals surface area (Å²) in [4.78, 5) is 36.4. The van der Waals surface area contributed by atoms with Gasteiger partial charge in [0.1, 0.15) is 6.54 Å². The molecule has 2 rings (SSSR count). The Hall–Kier alpha value is -3.09. The summed E-state index contributed by atoms with van der Waals surface area (Å²) in [6.45, 7) is 9.34. The van der Waals surface area contributed by atoms with Crippen LogP contribution in [0.3, 0.4) is 0 Å². The molecule has 1 aromatic carbocycles. The molecule has 144 valence electrons. The van der Waals surface area contributed by atoms with Gasteiger partial charge in [0.25, 0.3) is 11.8 Å². The van der Waals surface area contributed by atoms with Crippen LogP contribution >= 0.6 is 0 Å². The molecule has 1 heterocycles. The first-order chi connectivity index (χ1) is 12.7. The summed E-state index contributed by atoms with van der Waals surface area (Å²) in [6.07, 6.45) is 0. The summed E-state index contributed by atoms with van der Waals surface area (Å²) in [7, 11) is 0. The number of aryl methyl sites for hydroxylation is 3. The molecule has 2 amide bonds. The number of hydrogen-bond donors (Lipinski definition) is 2. The molecule has 0 radical (unpaired) electrons. The summed E-state index contributed by atoms with van der Waals surface area (Å²) >= 11 is 0. The van der Waals surface area contributed by atoms with Gasteiger partial charge in [-0.15, -0.1) is 0 Å². The zero-order valence-corrected chi connectivity index (χ0v) is 16.3. The van der Waals surface area contributed by atoms with E-state index in [0.29, 0.717) is 16.8 Å². The molecule has 0 aliphatic rings. The molecule has 2 N–H and O–H groups in total. The Morgan fingerprint density at radius 3 is 2.33 bits per heavy atom. The van der Waals surface area contributed by atoms with Gasteiger partial charge in [-0.2, -0.15) is 0 Å². The van der Waals surface area contributed by atoms with Crippen LogP contribution in [0.25, 0.3) is 0 Å². The third kappa shape index (κ3) is 4.75.